The molecule has 0 spiro atoms. The second kappa shape index (κ2) is 9.75. The first-order valence-electron chi connectivity index (χ1n) is 9.48. The lowest BCUT2D eigenvalue weighted by Crippen LogP contribution is -2.31. The van der Waals surface area contributed by atoms with Crippen molar-refractivity contribution in [3.63, 3.8) is 0 Å². The molecule has 1 heterocycles. The molecule has 156 valence electrons. The number of hydrogen-bond acceptors (Lipinski definition) is 5. The molecule has 0 fully saturated rings. The number of aliphatic hydroxyl groups is 1. The maximum Gasteiger partial charge on any atom is 0.252 e. The van der Waals surface area contributed by atoms with E-state index in [0.29, 0.717) is 22.3 Å². The van der Waals surface area contributed by atoms with Gasteiger partial charge in [-0.1, -0.05) is 47.5 Å². The SMILES string of the molecule is Cc1ccc([C@@H](CO)NC(=O)c2cc(-c3ccccc3)cc(CS(=O)[O-])c2C)cn1. The van der Waals surface area contributed by atoms with Crippen LogP contribution in [0.2, 0.25) is 0 Å². The van der Waals surface area contributed by atoms with Gasteiger partial charge in [0, 0.05) is 23.2 Å². The second-order valence-corrected chi connectivity index (χ2v) is 7.96. The quantitative estimate of drug-likeness (QED) is 0.568. The van der Waals surface area contributed by atoms with E-state index >= 15 is 0 Å². The molecule has 1 aromatic heterocycles. The minimum absolute atomic E-state index is 0.182. The second-order valence-electron chi connectivity index (χ2n) is 7.06. The summed E-state index contributed by atoms with van der Waals surface area (Å²) in [5.74, 6) is -0.569. The number of aliphatic hydroxyl groups excluding tert-OH is 1. The highest BCUT2D eigenvalue weighted by atomic mass is 32.2. The van der Waals surface area contributed by atoms with Crippen LogP contribution in [0.4, 0.5) is 0 Å². The molecule has 0 aliphatic carbocycles. The van der Waals surface area contributed by atoms with Gasteiger partial charge < -0.3 is 15.0 Å². The Bertz CT molecular complexity index is 1050. The highest BCUT2D eigenvalue weighted by Gasteiger charge is 2.19. The molecule has 0 saturated carbocycles. The normalized spacial score (nSPS) is 12.9. The van der Waals surface area contributed by atoms with Crippen molar-refractivity contribution in [3.8, 4) is 11.1 Å². The molecule has 2 aromatic carbocycles. The highest BCUT2D eigenvalue weighted by molar-refractivity contribution is 7.78. The van der Waals surface area contributed by atoms with Gasteiger partial charge in [-0.25, -0.2) is 0 Å². The smallest absolute Gasteiger partial charge is 0.252 e. The number of hydrogen-bond donors (Lipinski definition) is 2. The van der Waals surface area contributed by atoms with E-state index < -0.39 is 17.1 Å². The van der Waals surface area contributed by atoms with Crippen molar-refractivity contribution in [2.75, 3.05) is 6.61 Å². The molecular formula is C23H23N2O4S-. The molecule has 0 radical (unpaired) electrons. The summed E-state index contributed by atoms with van der Waals surface area (Å²) in [5, 5.41) is 12.6. The van der Waals surface area contributed by atoms with Crippen molar-refractivity contribution < 1.29 is 18.7 Å². The van der Waals surface area contributed by atoms with Crippen LogP contribution in [0.3, 0.4) is 0 Å². The number of aromatic nitrogens is 1. The number of carbonyl (C=O) groups excluding carboxylic acids is 1. The van der Waals surface area contributed by atoms with Gasteiger partial charge in [0.2, 0.25) is 0 Å². The van der Waals surface area contributed by atoms with Crippen molar-refractivity contribution >= 4 is 17.0 Å². The molecule has 2 N–H and O–H groups in total. The first-order valence-corrected chi connectivity index (χ1v) is 10.7. The van der Waals surface area contributed by atoms with Gasteiger partial charge in [-0.15, -0.1) is 0 Å². The summed E-state index contributed by atoms with van der Waals surface area (Å²) in [6, 6.07) is 16.0. The van der Waals surface area contributed by atoms with E-state index in [1.54, 1.807) is 25.3 Å². The topological polar surface area (TPSA) is 102 Å². The molecular weight excluding hydrogens is 400 g/mol. The van der Waals surface area contributed by atoms with Crippen LogP contribution >= 0.6 is 0 Å². The Morgan fingerprint density at radius 1 is 1.13 bits per heavy atom. The fourth-order valence-corrected chi connectivity index (χ4v) is 3.79. The van der Waals surface area contributed by atoms with E-state index in [-0.39, 0.29) is 18.3 Å². The van der Waals surface area contributed by atoms with E-state index in [0.717, 1.165) is 16.8 Å². The summed E-state index contributed by atoms with van der Waals surface area (Å²) < 4.78 is 22.7. The van der Waals surface area contributed by atoms with Crippen LogP contribution in [-0.2, 0) is 16.8 Å². The Kier molecular flexibility index (Phi) is 7.10. The largest absolute Gasteiger partial charge is 0.772 e. The van der Waals surface area contributed by atoms with Crippen LogP contribution in [0, 0.1) is 13.8 Å². The molecule has 0 saturated heterocycles. The number of nitrogens with one attached hydrogen (secondary N) is 1. The summed E-state index contributed by atoms with van der Waals surface area (Å²) >= 11 is -2.29. The van der Waals surface area contributed by atoms with Gasteiger partial charge >= 0.3 is 0 Å². The van der Waals surface area contributed by atoms with Gasteiger partial charge in [0.15, 0.2) is 0 Å². The monoisotopic (exact) mass is 423 g/mol. The van der Waals surface area contributed by atoms with Crippen molar-refractivity contribution in [2.45, 2.75) is 25.6 Å². The molecule has 0 aliphatic rings. The molecule has 3 rings (SSSR count). The zero-order valence-electron chi connectivity index (χ0n) is 16.8. The van der Waals surface area contributed by atoms with Crippen LogP contribution in [0.5, 0.6) is 0 Å². The lowest BCUT2D eigenvalue weighted by Gasteiger charge is -2.20. The number of aryl methyl sites for hydroxylation is 1. The fraction of sp³-hybridized carbons (Fsp3) is 0.217. The van der Waals surface area contributed by atoms with Gasteiger partial charge in [0.05, 0.1) is 12.6 Å². The van der Waals surface area contributed by atoms with Crippen molar-refractivity contribution in [1.82, 2.24) is 10.3 Å². The van der Waals surface area contributed by atoms with Crippen LogP contribution in [0.25, 0.3) is 11.1 Å². The first-order chi connectivity index (χ1) is 14.4. The minimum Gasteiger partial charge on any atom is -0.772 e. The zero-order chi connectivity index (χ0) is 21.7. The third-order valence-electron chi connectivity index (χ3n) is 4.96. The molecule has 2 atom stereocenters. The third-order valence-corrected chi connectivity index (χ3v) is 5.51. The average molecular weight is 424 g/mol. The molecule has 30 heavy (non-hydrogen) atoms. The molecule has 0 bridgehead atoms. The van der Waals surface area contributed by atoms with E-state index in [9.17, 15) is 18.7 Å². The summed E-state index contributed by atoms with van der Waals surface area (Å²) in [6.07, 6.45) is 1.62. The predicted molar refractivity (Wildman–Crippen MR) is 116 cm³/mol. The lowest BCUT2D eigenvalue weighted by molar-refractivity contribution is 0.0915. The number of nitrogens with zero attached hydrogens (tertiary/aromatic N) is 1. The standard InChI is InChI=1S/C23H24N2O4S/c1-15-8-9-18(12-24-15)22(13-26)25-23(27)21-11-19(17-6-4-3-5-7-17)10-20(16(21)2)14-30(28)29/h3-12,22,26H,13-14H2,1-2H3,(H,25,27)(H,28,29)/p-1/t22-/m1/s1. The van der Waals surface area contributed by atoms with E-state index in [1.807, 2.05) is 49.4 Å². The summed E-state index contributed by atoms with van der Waals surface area (Å²) in [4.78, 5) is 17.3. The summed E-state index contributed by atoms with van der Waals surface area (Å²) in [6.45, 7) is 3.30. The van der Waals surface area contributed by atoms with E-state index in [1.165, 1.54) is 0 Å². The summed E-state index contributed by atoms with van der Waals surface area (Å²) in [5.41, 5.74) is 4.69. The van der Waals surface area contributed by atoms with Crippen LogP contribution in [0.15, 0.2) is 60.8 Å². The minimum atomic E-state index is -2.29. The third kappa shape index (κ3) is 5.18. The highest BCUT2D eigenvalue weighted by Crippen LogP contribution is 2.27. The Balaban J connectivity index is 1.99. The van der Waals surface area contributed by atoms with Gasteiger partial charge in [-0.2, -0.15) is 0 Å². The Hall–Kier alpha value is -2.87. The van der Waals surface area contributed by atoms with E-state index in [4.69, 9.17) is 0 Å². The predicted octanol–water partition coefficient (Wildman–Crippen LogP) is 3.21. The zero-order valence-corrected chi connectivity index (χ0v) is 17.6. The van der Waals surface area contributed by atoms with Gasteiger partial charge in [0.25, 0.3) is 5.91 Å². The van der Waals surface area contributed by atoms with Crippen molar-refractivity contribution in [1.29, 1.82) is 0 Å². The van der Waals surface area contributed by atoms with Crippen molar-refractivity contribution in [2.24, 2.45) is 0 Å². The van der Waals surface area contributed by atoms with Crippen LogP contribution in [-0.4, -0.2) is 31.4 Å². The molecule has 3 aromatic rings. The number of amides is 1. The fourth-order valence-electron chi connectivity index (χ4n) is 3.24. The van der Waals surface area contributed by atoms with Crippen LogP contribution in [0.1, 0.15) is 38.8 Å². The Labute approximate surface area is 178 Å². The van der Waals surface area contributed by atoms with Gasteiger partial charge in [-0.3, -0.25) is 14.0 Å². The lowest BCUT2D eigenvalue weighted by atomic mass is 9.95. The van der Waals surface area contributed by atoms with Gasteiger partial charge in [-0.05, 0) is 59.9 Å². The Morgan fingerprint density at radius 2 is 1.87 bits per heavy atom. The van der Waals surface area contributed by atoms with Crippen molar-refractivity contribution in [3.05, 3.63) is 88.7 Å². The first kappa shape index (κ1) is 21.8. The molecule has 1 amide bonds. The van der Waals surface area contributed by atoms with Gasteiger partial charge in [0.1, 0.15) is 0 Å². The molecule has 7 heteroatoms. The number of benzene rings is 2. The molecule has 0 aliphatic heterocycles. The molecule has 6 nitrogen and oxygen atoms in total. The number of carbonyl (C=O) groups is 1. The maximum atomic E-state index is 13.1. The van der Waals surface area contributed by atoms with Crippen LogP contribution < -0.4 is 5.32 Å². The number of rotatable bonds is 7. The Morgan fingerprint density at radius 3 is 2.47 bits per heavy atom. The molecule has 1 unspecified atom stereocenters. The number of pyridine rings is 1. The van der Waals surface area contributed by atoms with E-state index in [2.05, 4.69) is 10.3 Å². The summed E-state index contributed by atoms with van der Waals surface area (Å²) in [7, 11) is 0. The maximum absolute atomic E-state index is 13.1. The average Bonchev–Trinajstić information content (AvgIpc) is 2.74.